The first-order valence-corrected chi connectivity index (χ1v) is 12.1. The number of amides is 3. The van der Waals surface area contributed by atoms with Crippen molar-refractivity contribution in [1.29, 1.82) is 0 Å². The lowest BCUT2D eigenvalue weighted by atomic mass is 9.62. The predicted octanol–water partition coefficient (Wildman–Crippen LogP) is 4.64. The van der Waals surface area contributed by atoms with Gasteiger partial charge in [0.25, 0.3) is 0 Å². The van der Waals surface area contributed by atoms with Gasteiger partial charge < -0.3 is 14.4 Å². The summed E-state index contributed by atoms with van der Waals surface area (Å²) in [6.45, 7) is 13.0. The van der Waals surface area contributed by atoms with Crippen LogP contribution in [-0.4, -0.2) is 36.6 Å². The maximum Gasteiger partial charge on any atom is 0.324 e. The minimum absolute atomic E-state index is 0.0880. The molecule has 3 amide bonds. The fraction of sp³-hybridized carbons (Fsp3) is 0.500. The Hall–Kier alpha value is -2.70. The second-order valence-corrected chi connectivity index (χ2v) is 11.2. The van der Waals surface area contributed by atoms with Crippen molar-refractivity contribution in [2.24, 2.45) is 0 Å². The highest BCUT2D eigenvalue weighted by Gasteiger charge is 2.45. The molecule has 6 nitrogen and oxygen atoms in total. The number of rotatable bonds is 4. The van der Waals surface area contributed by atoms with Crippen molar-refractivity contribution in [2.45, 2.75) is 70.6 Å². The standard InChI is InChI=1S/C28H34N2O4/c1-18-14-22-23(27(4,5)11-10-26(22,2)3)15-21(18)28(33-12-13-34-28)20-8-6-19(7-9-20)16-30-17-24(31)29-25(30)32/h6-9,14-15H,10-13,16-17H2,1-5H3,(H,29,31,32). The summed E-state index contributed by atoms with van der Waals surface area (Å²) >= 11 is 0. The third kappa shape index (κ3) is 3.73. The Morgan fingerprint density at radius 2 is 1.47 bits per heavy atom. The molecule has 2 fully saturated rings. The average Bonchev–Trinajstić information content (AvgIpc) is 3.39. The number of carbonyl (C=O) groups excluding carboxylic acids is 2. The van der Waals surface area contributed by atoms with Gasteiger partial charge in [0, 0.05) is 17.7 Å². The molecule has 34 heavy (non-hydrogen) atoms. The lowest BCUT2D eigenvalue weighted by Crippen LogP contribution is -2.36. The molecule has 6 heteroatoms. The molecule has 2 heterocycles. The number of aryl methyl sites for hydroxylation is 1. The first kappa shape index (κ1) is 23.1. The Kier molecular flexibility index (Phi) is 5.37. The van der Waals surface area contributed by atoms with Crippen molar-refractivity contribution >= 4 is 11.9 Å². The van der Waals surface area contributed by atoms with Crippen LogP contribution in [0.4, 0.5) is 4.79 Å². The van der Waals surface area contributed by atoms with Crippen LogP contribution in [-0.2, 0) is 37.4 Å². The van der Waals surface area contributed by atoms with E-state index in [0.29, 0.717) is 19.8 Å². The van der Waals surface area contributed by atoms with Crippen LogP contribution in [0, 0.1) is 6.92 Å². The Labute approximate surface area is 201 Å². The van der Waals surface area contributed by atoms with Crippen LogP contribution in [0.2, 0.25) is 0 Å². The lowest BCUT2D eigenvalue weighted by Gasteiger charge is -2.43. The summed E-state index contributed by atoms with van der Waals surface area (Å²) in [6.07, 6.45) is 2.32. The predicted molar refractivity (Wildman–Crippen MR) is 130 cm³/mol. The first-order chi connectivity index (χ1) is 16.0. The number of urea groups is 1. The van der Waals surface area contributed by atoms with Crippen molar-refractivity contribution in [1.82, 2.24) is 10.2 Å². The van der Waals surface area contributed by atoms with E-state index >= 15 is 0 Å². The van der Waals surface area contributed by atoms with Crippen LogP contribution in [0.1, 0.15) is 73.9 Å². The third-order valence-electron chi connectivity index (χ3n) is 7.82. The number of imide groups is 1. The summed E-state index contributed by atoms with van der Waals surface area (Å²) in [7, 11) is 0. The van der Waals surface area contributed by atoms with Gasteiger partial charge in [0.1, 0.15) is 6.54 Å². The Balaban J connectivity index is 1.53. The van der Waals surface area contributed by atoms with Crippen molar-refractivity contribution < 1.29 is 19.1 Å². The molecule has 0 aromatic heterocycles. The zero-order chi connectivity index (χ0) is 24.3. The number of nitrogens with one attached hydrogen (secondary N) is 1. The summed E-state index contributed by atoms with van der Waals surface area (Å²) in [6, 6.07) is 12.3. The van der Waals surface area contributed by atoms with Crippen LogP contribution >= 0.6 is 0 Å². The summed E-state index contributed by atoms with van der Waals surface area (Å²) in [5, 5.41) is 2.32. The molecule has 0 unspecified atom stereocenters. The number of hydrogen-bond donors (Lipinski definition) is 1. The van der Waals surface area contributed by atoms with Crippen LogP contribution in [0.15, 0.2) is 36.4 Å². The second kappa shape index (κ2) is 7.92. The Bertz CT molecular complexity index is 1140. The highest BCUT2D eigenvalue weighted by molar-refractivity contribution is 6.01. The van der Waals surface area contributed by atoms with E-state index in [1.165, 1.54) is 28.0 Å². The number of hydrogen-bond acceptors (Lipinski definition) is 4. The molecule has 5 rings (SSSR count). The minimum Gasteiger partial charge on any atom is -0.340 e. The highest BCUT2D eigenvalue weighted by Crippen LogP contribution is 2.49. The summed E-state index contributed by atoms with van der Waals surface area (Å²) in [5.74, 6) is -1.21. The van der Waals surface area contributed by atoms with Crippen molar-refractivity contribution in [3.63, 3.8) is 0 Å². The van der Waals surface area contributed by atoms with E-state index in [4.69, 9.17) is 9.47 Å². The van der Waals surface area contributed by atoms with E-state index in [9.17, 15) is 9.59 Å². The van der Waals surface area contributed by atoms with Gasteiger partial charge >= 0.3 is 6.03 Å². The van der Waals surface area contributed by atoms with Crippen molar-refractivity contribution in [3.8, 4) is 0 Å². The largest absolute Gasteiger partial charge is 0.340 e. The van der Waals surface area contributed by atoms with Crippen LogP contribution in [0.25, 0.3) is 0 Å². The van der Waals surface area contributed by atoms with Gasteiger partial charge in [-0.1, -0.05) is 58.0 Å². The van der Waals surface area contributed by atoms with E-state index in [1.807, 2.05) is 24.3 Å². The maximum absolute atomic E-state index is 11.9. The van der Waals surface area contributed by atoms with Gasteiger partial charge in [-0.2, -0.15) is 0 Å². The third-order valence-corrected chi connectivity index (χ3v) is 7.82. The SMILES string of the molecule is Cc1cc2c(cc1C1(c3ccc(CN4CC(=O)NC4=O)cc3)OCCO1)C(C)(C)CCC2(C)C. The molecule has 180 valence electrons. The Morgan fingerprint density at radius 3 is 2.03 bits per heavy atom. The average molecular weight is 463 g/mol. The number of nitrogens with zero attached hydrogens (tertiary/aromatic N) is 1. The van der Waals surface area contributed by atoms with Crippen LogP contribution in [0.5, 0.6) is 0 Å². The van der Waals surface area contributed by atoms with Gasteiger partial charge in [0.05, 0.1) is 13.2 Å². The molecular weight excluding hydrogens is 428 g/mol. The molecule has 1 aliphatic carbocycles. The van der Waals surface area contributed by atoms with Gasteiger partial charge in [0.2, 0.25) is 11.7 Å². The highest BCUT2D eigenvalue weighted by atomic mass is 16.7. The van der Waals surface area contributed by atoms with E-state index in [2.05, 4.69) is 52.1 Å². The molecule has 2 aromatic carbocycles. The second-order valence-electron chi connectivity index (χ2n) is 11.2. The lowest BCUT2D eigenvalue weighted by molar-refractivity contribution is -0.130. The van der Waals surface area contributed by atoms with Gasteiger partial charge in [-0.05, 0) is 58.9 Å². The minimum atomic E-state index is -0.948. The number of carbonyl (C=O) groups is 2. The van der Waals surface area contributed by atoms with E-state index in [1.54, 1.807) is 0 Å². The molecule has 2 aromatic rings. The quantitative estimate of drug-likeness (QED) is 0.672. The summed E-state index contributed by atoms with van der Waals surface area (Å²) < 4.78 is 12.7. The fourth-order valence-corrected chi connectivity index (χ4v) is 5.63. The van der Waals surface area contributed by atoms with E-state index in [-0.39, 0.29) is 29.3 Å². The number of fused-ring (bicyclic) bond motifs is 1. The van der Waals surface area contributed by atoms with Gasteiger partial charge in [-0.3, -0.25) is 10.1 Å². The molecule has 0 radical (unpaired) electrons. The summed E-state index contributed by atoms with van der Waals surface area (Å²) in [4.78, 5) is 24.9. The zero-order valence-electron chi connectivity index (χ0n) is 20.8. The molecule has 1 N–H and O–H groups in total. The van der Waals surface area contributed by atoms with E-state index in [0.717, 1.165) is 23.1 Å². The molecule has 0 saturated carbocycles. The summed E-state index contributed by atoms with van der Waals surface area (Å²) in [5.41, 5.74) is 7.15. The molecule has 2 aliphatic heterocycles. The van der Waals surface area contributed by atoms with Gasteiger partial charge in [-0.25, -0.2) is 4.79 Å². The fourth-order valence-electron chi connectivity index (χ4n) is 5.63. The molecule has 3 aliphatic rings. The number of benzene rings is 2. The van der Waals surface area contributed by atoms with Crippen molar-refractivity contribution in [3.05, 3.63) is 69.8 Å². The van der Waals surface area contributed by atoms with Crippen molar-refractivity contribution in [2.75, 3.05) is 19.8 Å². The normalized spacial score (nSPS) is 22.6. The topological polar surface area (TPSA) is 67.9 Å². The van der Waals surface area contributed by atoms with E-state index < -0.39 is 5.79 Å². The Morgan fingerprint density at radius 1 is 0.882 bits per heavy atom. The van der Waals surface area contributed by atoms with Crippen LogP contribution < -0.4 is 5.32 Å². The van der Waals surface area contributed by atoms with Gasteiger partial charge in [0.15, 0.2) is 0 Å². The molecule has 0 atom stereocenters. The smallest absolute Gasteiger partial charge is 0.324 e. The number of ether oxygens (including phenoxy) is 2. The molecular formula is C28H34N2O4. The zero-order valence-corrected chi connectivity index (χ0v) is 20.8. The van der Waals surface area contributed by atoms with Gasteiger partial charge in [-0.15, -0.1) is 0 Å². The monoisotopic (exact) mass is 462 g/mol. The molecule has 0 spiro atoms. The molecule has 0 bridgehead atoms. The van der Waals surface area contributed by atoms with Crippen LogP contribution in [0.3, 0.4) is 0 Å². The maximum atomic E-state index is 11.9. The molecule has 2 saturated heterocycles. The first-order valence-electron chi connectivity index (χ1n) is 12.1.